The quantitative estimate of drug-likeness (QED) is 0.619. The smallest absolute Gasteiger partial charge is 0.143 e. The maximum atomic E-state index is 9.75. The monoisotopic (exact) mass is 260 g/mol. The number of nitrogens with zero attached hydrogens (tertiary/aromatic N) is 2. The van der Waals surface area contributed by atoms with E-state index in [9.17, 15) is 5.11 Å². The second-order valence-electron chi connectivity index (χ2n) is 3.75. The summed E-state index contributed by atoms with van der Waals surface area (Å²) in [5.74, 6) is 0.723. The van der Waals surface area contributed by atoms with Crippen molar-refractivity contribution in [2.75, 3.05) is 5.32 Å². The number of aromatic hydroxyl groups is 1. The summed E-state index contributed by atoms with van der Waals surface area (Å²) < 4.78 is 0. The highest BCUT2D eigenvalue weighted by molar-refractivity contribution is 6.31. The third kappa shape index (κ3) is 1.84. The Hall–Kier alpha value is -2.27. The Morgan fingerprint density at radius 3 is 3.00 bits per heavy atom. The molecule has 3 N–H and O–H groups in total. The van der Waals surface area contributed by atoms with Gasteiger partial charge >= 0.3 is 0 Å². The number of hydrogen-bond donors (Lipinski definition) is 3. The topological polar surface area (TPSA) is 73.8 Å². The molecule has 2 aromatic heterocycles. The van der Waals surface area contributed by atoms with Crippen LogP contribution in [0.2, 0.25) is 5.02 Å². The maximum absolute atomic E-state index is 9.75. The molecule has 1 aromatic carbocycles. The normalized spacial score (nSPS) is 10.7. The molecule has 0 saturated carbocycles. The number of anilines is 2. The summed E-state index contributed by atoms with van der Waals surface area (Å²) in [6.07, 6.45) is 3.23. The third-order valence-electron chi connectivity index (χ3n) is 2.57. The van der Waals surface area contributed by atoms with E-state index >= 15 is 0 Å². The minimum absolute atomic E-state index is 0.113. The summed E-state index contributed by atoms with van der Waals surface area (Å²) in [5, 5.41) is 14.2. The van der Waals surface area contributed by atoms with E-state index in [0.717, 1.165) is 11.0 Å². The number of fused-ring (bicyclic) bond motifs is 1. The van der Waals surface area contributed by atoms with Gasteiger partial charge < -0.3 is 15.4 Å². The van der Waals surface area contributed by atoms with Gasteiger partial charge in [-0.15, -0.1) is 0 Å². The summed E-state index contributed by atoms with van der Waals surface area (Å²) in [5.41, 5.74) is 1.23. The van der Waals surface area contributed by atoms with E-state index in [-0.39, 0.29) is 5.75 Å². The van der Waals surface area contributed by atoms with E-state index in [4.69, 9.17) is 11.6 Å². The van der Waals surface area contributed by atoms with Gasteiger partial charge in [-0.25, -0.2) is 9.97 Å². The first-order valence-corrected chi connectivity index (χ1v) is 5.65. The van der Waals surface area contributed by atoms with Gasteiger partial charge in [0.05, 0.1) is 11.1 Å². The van der Waals surface area contributed by atoms with Crippen molar-refractivity contribution in [3.8, 4) is 5.75 Å². The minimum atomic E-state index is 0.113. The number of aromatic nitrogens is 3. The molecule has 6 heteroatoms. The third-order valence-corrected chi connectivity index (χ3v) is 2.80. The van der Waals surface area contributed by atoms with Crippen LogP contribution >= 0.6 is 11.6 Å². The lowest BCUT2D eigenvalue weighted by atomic mass is 10.3. The Morgan fingerprint density at radius 1 is 1.22 bits per heavy atom. The van der Waals surface area contributed by atoms with Crippen LogP contribution in [0.25, 0.3) is 11.0 Å². The molecule has 0 atom stereocenters. The first kappa shape index (κ1) is 10.9. The fourth-order valence-corrected chi connectivity index (χ4v) is 1.88. The van der Waals surface area contributed by atoms with Crippen LogP contribution in [0.15, 0.2) is 36.8 Å². The van der Waals surface area contributed by atoms with Gasteiger partial charge in [0.1, 0.15) is 23.5 Å². The van der Waals surface area contributed by atoms with Gasteiger partial charge in [0, 0.05) is 11.2 Å². The van der Waals surface area contributed by atoms with Crippen LogP contribution in [0.5, 0.6) is 5.75 Å². The number of phenols is 1. The van der Waals surface area contributed by atoms with Crippen LogP contribution < -0.4 is 5.32 Å². The molecular formula is C12H9ClN4O. The van der Waals surface area contributed by atoms with Crippen LogP contribution in [-0.2, 0) is 0 Å². The van der Waals surface area contributed by atoms with Gasteiger partial charge in [-0.3, -0.25) is 0 Å². The lowest BCUT2D eigenvalue weighted by molar-refractivity contribution is 0.478. The summed E-state index contributed by atoms with van der Waals surface area (Å²) in [4.78, 5) is 11.2. The summed E-state index contributed by atoms with van der Waals surface area (Å²) in [7, 11) is 0. The molecular weight excluding hydrogens is 252 g/mol. The van der Waals surface area contributed by atoms with Crippen LogP contribution in [0.4, 0.5) is 11.5 Å². The molecule has 0 spiro atoms. The van der Waals surface area contributed by atoms with Crippen molar-refractivity contribution in [2.45, 2.75) is 0 Å². The fourth-order valence-electron chi connectivity index (χ4n) is 1.71. The molecule has 0 radical (unpaired) electrons. The standard InChI is InChI=1S/C12H9ClN4O/c13-7-1-2-10(18)9(5-7)17-12-8-3-4-14-11(8)15-6-16-12/h1-6,18H,(H2,14,15,16,17). The number of phenolic OH excluding ortho intramolecular Hbond substituents is 1. The van der Waals surface area contributed by atoms with Crippen LogP contribution in [-0.4, -0.2) is 20.1 Å². The largest absolute Gasteiger partial charge is 0.506 e. The first-order valence-electron chi connectivity index (χ1n) is 5.27. The van der Waals surface area contributed by atoms with E-state index in [1.807, 2.05) is 6.07 Å². The number of benzene rings is 1. The average Bonchev–Trinajstić information content (AvgIpc) is 2.83. The van der Waals surface area contributed by atoms with Crippen LogP contribution in [0, 0.1) is 0 Å². The van der Waals surface area contributed by atoms with Crippen molar-refractivity contribution in [2.24, 2.45) is 0 Å². The molecule has 90 valence electrons. The maximum Gasteiger partial charge on any atom is 0.143 e. The zero-order chi connectivity index (χ0) is 12.5. The molecule has 0 aliphatic carbocycles. The average molecular weight is 261 g/mol. The number of H-pyrrole nitrogens is 1. The van der Waals surface area contributed by atoms with Gasteiger partial charge in [0.25, 0.3) is 0 Å². The van der Waals surface area contributed by atoms with Gasteiger partial charge in [0.15, 0.2) is 0 Å². The highest BCUT2D eigenvalue weighted by atomic mass is 35.5. The molecule has 0 bridgehead atoms. The van der Waals surface area contributed by atoms with E-state index < -0.39 is 0 Å². The Morgan fingerprint density at radius 2 is 2.11 bits per heavy atom. The molecule has 0 saturated heterocycles. The molecule has 18 heavy (non-hydrogen) atoms. The van der Waals surface area contributed by atoms with Crippen molar-refractivity contribution >= 4 is 34.1 Å². The number of aromatic amines is 1. The number of halogens is 1. The minimum Gasteiger partial charge on any atom is -0.506 e. The van der Waals surface area contributed by atoms with Gasteiger partial charge in [0.2, 0.25) is 0 Å². The van der Waals surface area contributed by atoms with Gasteiger partial charge in [-0.1, -0.05) is 11.6 Å². The highest BCUT2D eigenvalue weighted by Crippen LogP contribution is 2.30. The van der Waals surface area contributed by atoms with Crippen molar-refractivity contribution in [3.05, 3.63) is 41.8 Å². The van der Waals surface area contributed by atoms with Crippen molar-refractivity contribution < 1.29 is 5.11 Å². The Kier molecular flexibility index (Phi) is 2.53. The summed E-state index contributed by atoms with van der Waals surface area (Å²) in [6.45, 7) is 0. The lowest BCUT2D eigenvalue weighted by Crippen LogP contribution is -1.95. The predicted molar refractivity (Wildman–Crippen MR) is 70.3 cm³/mol. The Labute approximate surface area is 107 Å². The number of hydrogen-bond acceptors (Lipinski definition) is 4. The lowest BCUT2D eigenvalue weighted by Gasteiger charge is -2.08. The van der Waals surface area contributed by atoms with E-state index in [1.54, 1.807) is 18.3 Å². The fraction of sp³-hybridized carbons (Fsp3) is 0. The molecule has 0 amide bonds. The molecule has 0 fully saturated rings. The molecule has 0 aliphatic heterocycles. The highest BCUT2D eigenvalue weighted by Gasteiger charge is 2.07. The van der Waals surface area contributed by atoms with Crippen molar-refractivity contribution in [3.63, 3.8) is 0 Å². The molecule has 0 unspecified atom stereocenters. The summed E-state index contributed by atoms with van der Waals surface area (Å²) in [6, 6.07) is 6.64. The molecule has 3 rings (SSSR count). The van der Waals surface area contributed by atoms with Crippen molar-refractivity contribution in [1.29, 1.82) is 0 Å². The zero-order valence-corrected chi connectivity index (χ0v) is 9.94. The van der Waals surface area contributed by atoms with E-state index in [1.165, 1.54) is 12.4 Å². The zero-order valence-electron chi connectivity index (χ0n) is 9.18. The van der Waals surface area contributed by atoms with Crippen LogP contribution in [0.1, 0.15) is 0 Å². The molecule has 0 aliphatic rings. The van der Waals surface area contributed by atoms with E-state index in [2.05, 4.69) is 20.3 Å². The molecule has 2 heterocycles. The Balaban J connectivity index is 2.06. The van der Waals surface area contributed by atoms with Gasteiger partial charge in [-0.05, 0) is 24.3 Å². The summed E-state index contributed by atoms with van der Waals surface area (Å²) >= 11 is 5.89. The first-order chi connectivity index (χ1) is 8.74. The second-order valence-corrected chi connectivity index (χ2v) is 4.19. The number of nitrogens with one attached hydrogen (secondary N) is 2. The molecule has 3 aromatic rings. The van der Waals surface area contributed by atoms with E-state index in [0.29, 0.717) is 16.5 Å². The predicted octanol–water partition coefficient (Wildman–Crippen LogP) is 3.06. The Bertz CT molecular complexity index is 710. The number of rotatable bonds is 2. The van der Waals surface area contributed by atoms with Crippen molar-refractivity contribution in [1.82, 2.24) is 15.0 Å². The molecule has 5 nitrogen and oxygen atoms in total. The SMILES string of the molecule is Oc1ccc(Cl)cc1Nc1ncnc2[nH]ccc12. The van der Waals surface area contributed by atoms with Crippen LogP contribution in [0.3, 0.4) is 0 Å². The van der Waals surface area contributed by atoms with Gasteiger partial charge in [-0.2, -0.15) is 0 Å². The second kappa shape index (κ2) is 4.19.